The minimum atomic E-state index is 0.0896. The van der Waals surface area contributed by atoms with Crippen LogP contribution in [0.2, 0.25) is 0 Å². The number of carbonyl (C=O) groups is 1. The molecule has 1 amide bonds. The molecule has 0 aromatic carbocycles. The van der Waals surface area contributed by atoms with E-state index in [9.17, 15) is 4.79 Å². The molecule has 0 bridgehead atoms. The summed E-state index contributed by atoms with van der Waals surface area (Å²) in [5, 5.41) is 11.0. The van der Waals surface area contributed by atoms with Gasteiger partial charge in [0.25, 0.3) is 0 Å². The highest BCUT2D eigenvalue weighted by Crippen LogP contribution is 2.32. The van der Waals surface area contributed by atoms with E-state index in [-0.39, 0.29) is 11.8 Å². The Hall–Kier alpha value is -1.36. The Balaban J connectivity index is 1.64. The maximum atomic E-state index is 12.3. The van der Waals surface area contributed by atoms with Gasteiger partial charge in [-0.1, -0.05) is 19.3 Å². The number of rotatable bonds is 3. The molecule has 1 aromatic rings. The first-order chi connectivity index (χ1) is 10.2. The van der Waals surface area contributed by atoms with Gasteiger partial charge in [-0.25, -0.2) is 0 Å². The van der Waals surface area contributed by atoms with Crippen LogP contribution in [-0.4, -0.2) is 28.8 Å². The molecular formula is C16H26N4O. The Morgan fingerprint density at radius 1 is 1.29 bits per heavy atom. The average molecular weight is 290 g/mol. The van der Waals surface area contributed by atoms with E-state index in [1.165, 1.54) is 32.1 Å². The van der Waals surface area contributed by atoms with Crippen molar-refractivity contribution in [3.8, 4) is 0 Å². The topological polar surface area (TPSA) is 59.0 Å². The van der Waals surface area contributed by atoms with Crippen LogP contribution in [0.25, 0.3) is 0 Å². The molecule has 1 atom stereocenters. The number of hydrogen-bond donors (Lipinski definition) is 2. The van der Waals surface area contributed by atoms with Crippen LogP contribution in [0.15, 0.2) is 6.07 Å². The predicted molar refractivity (Wildman–Crippen MR) is 83.3 cm³/mol. The molecular weight excluding hydrogens is 264 g/mol. The first-order valence-electron chi connectivity index (χ1n) is 8.29. The van der Waals surface area contributed by atoms with E-state index in [1.54, 1.807) is 0 Å². The highest BCUT2D eigenvalue weighted by molar-refractivity contribution is 5.92. The molecule has 2 N–H and O–H groups in total. The maximum Gasteiger partial charge on any atom is 0.229 e. The molecule has 0 radical (unpaired) electrons. The summed E-state index contributed by atoms with van der Waals surface area (Å²) in [6.07, 6.45) is 8.48. The molecule has 3 rings (SSSR count). The molecule has 5 heteroatoms. The van der Waals surface area contributed by atoms with Crippen LogP contribution in [0.1, 0.15) is 56.6 Å². The normalized spacial score (nSPS) is 24.0. The van der Waals surface area contributed by atoms with Crippen molar-refractivity contribution in [2.24, 2.45) is 13.0 Å². The molecule has 0 spiro atoms. The van der Waals surface area contributed by atoms with Gasteiger partial charge < -0.3 is 10.6 Å². The molecule has 21 heavy (non-hydrogen) atoms. The van der Waals surface area contributed by atoms with Crippen molar-refractivity contribution in [3.05, 3.63) is 11.8 Å². The second-order valence-electron chi connectivity index (χ2n) is 6.45. The van der Waals surface area contributed by atoms with E-state index < -0.39 is 0 Å². The van der Waals surface area contributed by atoms with Gasteiger partial charge in [-0.3, -0.25) is 9.48 Å². The second-order valence-corrected chi connectivity index (χ2v) is 6.45. The Labute approximate surface area is 126 Å². The Bertz CT molecular complexity index is 484. The number of anilines is 1. The summed E-state index contributed by atoms with van der Waals surface area (Å²) in [5.74, 6) is 1.63. The predicted octanol–water partition coefficient (Wildman–Crippen LogP) is 2.41. The van der Waals surface area contributed by atoms with E-state index >= 15 is 0 Å². The van der Waals surface area contributed by atoms with E-state index in [2.05, 4.69) is 21.8 Å². The lowest BCUT2D eigenvalue weighted by Crippen LogP contribution is -2.37. The lowest BCUT2D eigenvalue weighted by atomic mass is 9.87. The molecule has 2 fully saturated rings. The van der Waals surface area contributed by atoms with Crippen molar-refractivity contribution in [1.29, 1.82) is 0 Å². The van der Waals surface area contributed by atoms with Crippen LogP contribution in [0, 0.1) is 5.92 Å². The van der Waals surface area contributed by atoms with Gasteiger partial charge in [0.2, 0.25) is 5.91 Å². The summed E-state index contributed by atoms with van der Waals surface area (Å²) in [6, 6.07) is 2.07. The van der Waals surface area contributed by atoms with Crippen LogP contribution >= 0.6 is 0 Å². The van der Waals surface area contributed by atoms with Gasteiger partial charge in [-0.2, -0.15) is 5.10 Å². The number of piperidine rings is 1. The third kappa shape index (κ3) is 3.46. The standard InChI is InChI=1S/C16H26N4O/c1-20-15(18-16(21)13-8-5-9-17-11-13)10-14(19-20)12-6-3-2-4-7-12/h10,12-13,17H,2-9,11H2,1H3,(H,18,21). The molecule has 1 aliphatic carbocycles. The molecule has 1 unspecified atom stereocenters. The summed E-state index contributed by atoms with van der Waals surface area (Å²) in [4.78, 5) is 12.3. The zero-order chi connectivity index (χ0) is 14.7. The first kappa shape index (κ1) is 14.6. The van der Waals surface area contributed by atoms with Crippen LogP contribution in [-0.2, 0) is 11.8 Å². The van der Waals surface area contributed by atoms with E-state index in [1.807, 2.05) is 11.7 Å². The SMILES string of the molecule is Cn1nc(C2CCCCC2)cc1NC(=O)C1CCCNC1. The molecule has 1 aromatic heterocycles. The largest absolute Gasteiger partial charge is 0.316 e. The number of carbonyl (C=O) groups excluding carboxylic acids is 1. The fourth-order valence-electron chi connectivity index (χ4n) is 3.51. The third-order valence-electron chi connectivity index (χ3n) is 4.84. The second kappa shape index (κ2) is 6.60. The average Bonchev–Trinajstić information content (AvgIpc) is 2.90. The van der Waals surface area contributed by atoms with Gasteiger partial charge in [-0.05, 0) is 32.2 Å². The molecule has 1 aliphatic heterocycles. The Kier molecular flexibility index (Phi) is 4.58. The summed E-state index contributed by atoms with van der Waals surface area (Å²) >= 11 is 0. The Morgan fingerprint density at radius 2 is 2.10 bits per heavy atom. The van der Waals surface area contributed by atoms with E-state index in [0.29, 0.717) is 5.92 Å². The monoisotopic (exact) mass is 290 g/mol. The Morgan fingerprint density at radius 3 is 2.81 bits per heavy atom. The summed E-state index contributed by atoms with van der Waals surface area (Å²) in [6.45, 7) is 1.82. The zero-order valence-electron chi connectivity index (χ0n) is 12.9. The van der Waals surface area contributed by atoms with Crippen molar-refractivity contribution in [3.63, 3.8) is 0 Å². The smallest absolute Gasteiger partial charge is 0.229 e. The van der Waals surface area contributed by atoms with Crippen molar-refractivity contribution in [2.75, 3.05) is 18.4 Å². The van der Waals surface area contributed by atoms with Gasteiger partial charge in [0.1, 0.15) is 5.82 Å². The quantitative estimate of drug-likeness (QED) is 0.898. The summed E-state index contributed by atoms with van der Waals surface area (Å²) < 4.78 is 1.82. The zero-order valence-corrected chi connectivity index (χ0v) is 12.9. The van der Waals surface area contributed by atoms with Gasteiger partial charge in [0.05, 0.1) is 11.6 Å². The summed E-state index contributed by atoms with van der Waals surface area (Å²) in [5.41, 5.74) is 1.15. The number of aromatic nitrogens is 2. The minimum Gasteiger partial charge on any atom is -0.316 e. The summed E-state index contributed by atoms with van der Waals surface area (Å²) in [7, 11) is 1.92. The van der Waals surface area contributed by atoms with Crippen molar-refractivity contribution >= 4 is 11.7 Å². The molecule has 2 aliphatic rings. The third-order valence-corrected chi connectivity index (χ3v) is 4.84. The molecule has 1 saturated heterocycles. The number of aryl methyl sites for hydroxylation is 1. The van der Waals surface area contributed by atoms with Crippen LogP contribution < -0.4 is 10.6 Å². The molecule has 116 valence electrons. The number of nitrogens with zero attached hydrogens (tertiary/aromatic N) is 2. The van der Waals surface area contributed by atoms with Crippen LogP contribution in [0.4, 0.5) is 5.82 Å². The van der Waals surface area contributed by atoms with Gasteiger partial charge in [-0.15, -0.1) is 0 Å². The van der Waals surface area contributed by atoms with Gasteiger partial charge >= 0.3 is 0 Å². The van der Waals surface area contributed by atoms with Crippen LogP contribution in [0.3, 0.4) is 0 Å². The molecule has 2 heterocycles. The van der Waals surface area contributed by atoms with E-state index in [0.717, 1.165) is 37.4 Å². The molecule has 5 nitrogen and oxygen atoms in total. The fourth-order valence-corrected chi connectivity index (χ4v) is 3.51. The maximum absolute atomic E-state index is 12.3. The van der Waals surface area contributed by atoms with Crippen LogP contribution in [0.5, 0.6) is 0 Å². The van der Waals surface area contributed by atoms with Gasteiger partial charge in [0.15, 0.2) is 0 Å². The first-order valence-corrected chi connectivity index (χ1v) is 8.29. The highest BCUT2D eigenvalue weighted by Gasteiger charge is 2.23. The number of hydrogen-bond acceptors (Lipinski definition) is 3. The fraction of sp³-hybridized carbons (Fsp3) is 0.750. The van der Waals surface area contributed by atoms with Crippen molar-refractivity contribution in [2.45, 2.75) is 50.9 Å². The van der Waals surface area contributed by atoms with Crippen molar-refractivity contribution < 1.29 is 4.79 Å². The number of amides is 1. The van der Waals surface area contributed by atoms with Gasteiger partial charge in [0, 0.05) is 25.6 Å². The van der Waals surface area contributed by atoms with Crippen molar-refractivity contribution in [1.82, 2.24) is 15.1 Å². The number of nitrogens with one attached hydrogen (secondary N) is 2. The lowest BCUT2D eigenvalue weighted by molar-refractivity contribution is -0.120. The van der Waals surface area contributed by atoms with E-state index in [4.69, 9.17) is 0 Å². The lowest BCUT2D eigenvalue weighted by Gasteiger charge is -2.21. The molecule has 1 saturated carbocycles. The minimum absolute atomic E-state index is 0.0896. The highest BCUT2D eigenvalue weighted by atomic mass is 16.2.